The van der Waals surface area contributed by atoms with Crippen LogP contribution in [-0.4, -0.2) is 11.9 Å². The Morgan fingerprint density at radius 2 is 1.32 bits per heavy atom. The van der Waals surface area contributed by atoms with Gasteiger partial charge in [-0.05, 0) is 37.1 Å². The molecule has 2 aromatic carbocycles. The van der Waals surface area contributed by atoms with Crippen LogP contribution in [0.15, 0.2) is 70.6 Å². The van der Waals surface area contributed by atoms with Crippen LogP contribution in [0.1, 0.15) is 51.9 Å². The molecule has 25 heavy (non-hydrogen) atoms. The van der Waals surface area contributed by atoms with Crippen molar-refractivity contribution in [2.24, 2.45) is 9.98 Å². The van der Waals surface area contributed by atoms with Gasteiger partial charge in [0, 0.05) is 26.6 Å². The largest absolute Gasteiger partial charge is 0.255 e. The maximum Gasteiger partial charge on any atom is 0.0633 e. The van der Waals surface area contributed by atoms with Crippen LogP contribution >= 0.6 is 0 Å². The summed E-state index contributed by atoms with van der Waals surface area (Å²) >= 11 is 0. The molecule has 0 atom stereocenters. The number of aliphatic imine (C=N–C) groups is 2. The van der Waals surface area contributed by atoms with E-state index in [1.807, 2.05) is 66.9 Å². The zero-order valence-electron chi connectivity index (χ0n) is 15.0. The van der Waals surface area contributed by atoms with Gasteiger partial charge in [0.15, 0.2) is 0 Å². The van der Waals surface area contributed by atoms with E-state index in [0.29, 0.717) is 0 Å². The van der Waals surface area contributed by atoms with Crippen molar-refractivity contribution in [3.05, 3.63) is 60.7 Å². The number of benzene rings is 2. The van der Waals surface area contributed by atoms with Crippen LogP contribution in [0.25, 0.3) is 0 Å². The summed E-state index contributed by atoms with van der Waals surface area (Å²) in [5.74, 6) is 0. The smallest absolute Gasteiger partial charge is 0.0633 e. The molecule has 0 saturated carbocycles. The maximum absolute atomic E-state index is 4.77. The Morgan fingerprint density at radius 3 is 1.96 bits per heavy atom. The standard InChI is InChI=1S/C22H28N2.Pd/c1-2-3-4-5-6-9-18-22(24-21-16-12-8-13-17-21)19-23-20-14-10-7-11-15-20;/h7-8,10-17,19H,2-6,9,18H2,1H3;/b23-19+,24-22+;. The second kappa shape index (κ2) is 13.7. The van der Waals surface area contributed by atoms with Gasteiger partial charge in [0.2, 0.25) is 0 Å². The molecule has 0 fully saturated rings. The van der Waals surface area contributed by atoms with Crippen LogP contribution in [0.3, 0.4) is 0 Å². The minimum Gasteiger partial charge on any atom is -0.255 e. The predicted octanol–water partition coefficient (Wildman–Crippen LogP) is 6.91. The monoisotopic (exact) mass is 426 g/mol. The van der Waals surface area contributed by atoms with Crippen molar-refractivity contribution < 1.29 is 20.4 Å². The van der Waals surface area contributed by atoms with Crippen molar-refractivity contribution in [3.8, 4) is 0 Å². The van der Waals surface area contributed by atoms with Crippen LogP contribution in [0.2, 0.25) is 0 Å². The summed E-state index contributed by atoms with van der Waals surface area (Å²) in [6.07, 6.45) is 10.7. The average molecular weight is 427 g/mol. The van der Waals surface area contributed by atoms with Crippen molar-refractivity contribution in [2.75, 3.05) is 0 Å². The van der Waals surface area contributed by atoms with E-state index in [1.165, 1.54) is 38.5 Å². The third-order valence-electron chi connectivity index (χ3n) is 3.93. The summed E-state index contributed by atoms with van der Waals surface area (Å²) in [6.45, 7) is 2.25. The molecule has 3 heteroatoms. The Morgan fingerprint density at radius 1 is 0.760 bits per heavy atom. The molecule has 2 aromatic rings. The molecule has 0 aliphatic carbocycles. The molecule has 136 valence electrons. The molecule has 0 unspecified atom stereocenters. The maximum atomic E-state index is 4.77. The molecular weight excluding hydrogens is 399 g/mol. The number of hydrogen-bond acceptors (Lipinski definition) is 2. The molecule has 2 nitrogen and oxygen atoms in total. The van der Waals surface area contributed by atoms with Gasteiger partial charge in [-0.2, -0.15) is 0 Å². The second-order valence-corrected chi connectivity index (χ2v) is 6.05. The van der Waals surface area contributed by atoms with E-state index < -0.39 is 0 Å². The minimum atomic E-state index is 0. The Bertz CT molecular complexity index is 621. The Kier molecular flexibility index (Phi) is 11.8. The van der Waals surface area contributed by atoms with Gasteiger partial charge >= 0.3 is 0 Å². The van der Waals surface area contributed by atoms with Gasteiger partial charge in [-0.3, -0.25) is 9.98 Å². The fourth-order valence-corrected chi connectivity index (χ4v) is 2.57. The first-order chi connectivity index (χ1) is 11.9. The molecular formula is C22H28N2Pd. The molecule has 0 radical (unpaired) electrons. The van der Waals surface area contributed by atoms with Crippen molar-refractivity contribution in [1.29, 1.82) is 0 Å². The van der Waals surface area contributed by atoms with Gasteiger partial charge in [-0.15, -0.1) is 0 Å². The van der Waals surface area contributed by atoms with Crippen LogP contribution < -0.4 is 0 Å². The fraction of sp³-hybridized carbons (Fsp3) is 0.364. The minimum absolute atomic E-state index is 0. The zero-order valence-corrected chi connectivity index (χ0v) is 16.6. The topological polar surface area (TPSA) is 24.7 Å². The number of hydrogen-bond donors (Lipinski definition) is 0. The number of unbranched alkanes of at least 4 members (excludes halogenated alkanes) is 5. The van der Waals surface area contributed by atoms with Gasteiger partial charge in [-0.25, -0.2) is 0 Å². The Hall–Kier alpha value is -1.56. The van der Waals surface area contributed by atoms with Crippen molar-refractivity contribution >= 4 is 23.3 Å². The normalized spacial score (nSPS) is 11.5. The third kappa shape index (κ3) is 9.49. The van der Waals surface area contributed by atoms with E-state index in [2.05, 4.69) is 11.9 Å². The van der Waals surface area contributed by atoms with Crippen LogP contribution in [-0.2, 0) is 20.4 Å². The summed E-state index contributed by atoms with van der Waals surface area (Å²) in [5.41, 5.74) is 3.03. The SMILES string of the molecule is CCCCCCCCC(/C=N/c1ccccc1)=N\c1ccccc1.[Pd]. The van der Waals surface area contributed by atoms with Crippen molar-refractivity contribution in [3.63, 3.8) is 0 Å². The summed E-state index contributed by atoms with van der Waals surface area (Å²) in [4.78, 5) is 9.35. The fourth-order valence-electron chi connectivity index (χ4n) is 2.57. The Balaban J connectivity index is 0.00000312. The first-order valence-corrected chi connectivity index (χ1v) is 9.10. The predicted molar refractivity (Wildman–Crippen MR) is 106 cm³/mol. The molecule has 2 rings (SSSR count). The summed E-state index contributed by atoms with van der Waals surface area (Å²) in [7, 11) is 0. The number of para-hydroxylation sites is 2. The average Bonchev–Trinajstić information content (AvgIpc) is 2.64. The molecule has 0 amide bonds. The third-order valence-corrected chi connectivity index (χ3v) is 3.93. The van der Waals surface area contributed by atoms with E-state index in [0.717, 1.165) is 23.5 Å². The first-order valence-electron chi connectivity index (χ1n) is 9.10. The molecule has 0 heterocycles. The van der Waals surface area contributed by atoms with Gasteiger partial charge in [0.25, 0.3) is 0 Å². The van der Waals surface area contributed by atoms with Crippen molar-refractivity contribution in [1.82, 2.24) is 0 Å². The molecule has 0 aliphatic rings. The van der Waals surface area contributed by atoms with E-state index >= 15 is 0 Å². The van der Waals surface area contributed by atoms with E-state index in [-0.39, 0.29) is 20.4 Å². The van der Waals surface area contributed by atoms with Gasteiger partial charge < -0.3 is 0 Å². The molecule has 0 saturated heterocycles. The van der Waals surface area contributed by atoms with Gasteiger partial charge in [0.05, 0.1) is 17.1 Å². The first kappa shape index (κ1) is 21.5. The van der Waals surface area contributed by atoms with Crippen LogP contribution in [0.5, 0.6) is 0 Å². The second-order valence-electron chi connectivity index (χ2n) is 6.05. The Labute approximate surface area is 166 Å². The zero-order chi connectivity index (χ0) is 16.9. The van der Waals surface area contributed by atoms with Gasteiger partial charge in [-0.1, -0.05) is 75.4 Å². The number of nitrogens with zero attached hydrogens (tertiary/aromatic N) is 2. The van der Waals surface area contributed by atoms with Gasteiger partial charge in [0.1, 0.15) is 0 Å². The molecule has 0 aromatic heterocycles. The molecule has 0 spiro atoms. The summed E-state index contributed by atoms with van der Waals surface area (Å²) < 4.78 is 0. The summed E-state index contributed by atoms with van der Waals surface area (Å²) in [5, 5.41) is 0. The van der Waals surface area contributed by atoms with Crippen molar-refractivity contribution in [2.45, 2.75) is 51.9 Å². The quantitative estimate of drug-likeness (QED) is 0.224. The summed E-state index contributed by atoms with van der Waals surface area (Å²) in [6, 6.07) is 20.2. The van der Waals surface area contributed by atoms with E-state index in [9.17, 15) is 0 Å². The molecule has 0 N–H and O–H groups in total. The van der Waals surface area contributed by atoms with Crippen LogP contribution in [0, 0.1) is 0 Å². The number of rotatable bonds is 10. The van der Waals surface area contributed by atoms with E-state index in [1.54, 1.807) is 0 Å². The van der Waals surface area contributed by atoms with Crippen LogP contribution in [0.4, 0.5) is 11.4 Å². The molecule has 0 bridgehead atoms. The molecule has 0 aliphatic heterocycles. The van der Waals surface area contributed by atoms with E-state index in [4.69, 9.17) is 4.99 Å².